The van der Waals surface area contributed by atoms with Crippen molar-refractivity contribution in [3.05, 3.63) is 45.4 Å². The van der Waals surface area contributed by atoms with Crippen LogP contribution in [0.3, 0.4) is 0 Å². The molecule has 0 amide bonds. The van der Waals surface area contributed by atoms with Crippen molar-refractivity contribution in [2.24, 2.45) is 0 Å². The summed E-state index contributed by atoms with van der Waals surface area (Å²) < 4.78 is 15.0. The maximum Gasteiger partial charge on any atom is 0.143 e. The van der Waals surface area contributed by atoms with Gasteiger partial charge in [-0.3, -0.25) is 0 Å². The molecule has 0 bridgehead atoms. The number of hydrogen-bond donors (Lipinski definition) is 1. The van der Waals surface area contributed by atoms with Gasteiger partial charge in [-0.15, -0.1) is 0 Å². The minimum Gasteiger partial charge on any atom is -0.391 e. The summed E-state index contributed by atoms with van der Waals surface area (Å²) in [7, 11) is 0. The van der Waals surface area contributed by atoms with Crippen LogP contribution in [0.4, 0.5) is 4.39 Å². The van der Waals surface area contributed by atoms with Gasteiger partial charge >= 0.3 is 0 Å². The lowest BCUT2D eigenvalue weighted by Gasteiger charge is -2.16. The molecule has 3 nitrogen and oxygen atoms in total. The van der Waals surface area contributed by atoms with Crippen LogP contribution in [0.15, 0.2) is 18.2 Å². The fourth-order valence-electron chi connectivity index (χ4n) is 1.96. The lowest BCUT2D eigenvalue weighted by Crippen LogP contribution is -2.15. The molecule has 2 aromatic rings. The van der Waals surface area contributed by atoms with E-state index in [-0.39, 0.29) is 22.2 Å². The lowest BCUT2D eigenvalue weighted by atomic mass is 9.90. The molecule has 0 radical (unpaired) electrons. The number of aromatic nitrogens is 2. The van der Waals surface area contributed by atoms with E-state index in [2.05, 4.69) is 5.10 Å². The van der Waals surface area contributed by atoms with E-state index in [1.54, 1.807) is 6.07 Å². The molecule has 0 fully saturated rings. The Labute approximate surface area is 126 Å². The van der Waals surface area contributed by atoms with Crippen LogP contribution in [0, 0.1) is 5.82 Å². The Bertz CT molecular complexity index is 647. The zero-order valence-corrected chi connectivity index (χ0v) is 12.9. The zero-order valence-electron chi connectivity index (χ0n) is 11.4. The largest absolute Gasteiger partial charge is 0.391 e. The summed E-state index contributed by atoms with van der Waals surface area (Å²) in [4.78, 5) is 0. The van der Waals surface area contributed by atoms with E-state index in [1.165, 1.54) is 16.8 Å². The summed E-state index contributed by atoms with van der Waals surface area (Å²) in [5.41, 5.74) is 1.41. The highest BCUT2D eigenvalue weighted by molar-refractivity contribution is 6.31. The molecule has 20 heavy (non-hydrogen) atoms. The predicted octanol–water partition coefficient (Wildman–Crippen LogP) is 4.11. The van der Waals surface area contributed by atoms with Crippen LogP contribution >= 0.6 is 23.2 Å². The van der Waals surface area contributed by atoms with E-state index < -0.39 is 5.82 Å². The Morgan fingerprint density at radius 1 is 1.30 bits per heavy atom. The number of nitrogens with zero attached hydrogens (tertiary/aromatic N) is 2. The van der Waals surface area contributed by atoms with Crippen molar-refractivity contribution >= 4 is 23.2 Å². The molecule has 0 spiro atoms. The molecule has 1 aromatic carbocycles. The van der Waals surface area contributed by atoms with Gasteiger partial charge in [-0.25, -0.2) is 9.07 Å². The first-order chi connectivity index (χ1) is 9.25. The molecule has 0 aliphatic rings. The predicted molar refractivity (Wildman–Crippen MR) is 78.2 cm³/mol. The number of aliphatic hydroxyl groups excluding tert-OH is 1. The van der Waals surface area contributed by atoms with Crippen molar-refractivity contribution in [3.63, 3.8) is 0 Å². The van der Waals surface area contributed by atoms with E-state index in [1.807, 2.05) is 20.8 Å². The van der Waals surface area contributed by atoms with Gasteiger partial charge in [0.05, 0.1) is 23.0 Å². The Balaban J connectivity index is 2.63. The normalized spacial score (nSPS) is 11.9. The molecule has 1 N–H and O–H groups in total. The lowest BCUT2D eigenvalue weighted by molar-refractivity contribution is 0.278. The Kier molecular flexibility index (Phi) is 4.09. The summed E-state index contributed by atoms with van der Waals surface area (Å²) in [5, 5.41) is 14.2. The Morgan fingerprint density at radius 3 is 2.40 bits per heavy atom. The van der Waals surface area contributed by atoms with Gasteiger partial charge in [-0.05, 0) is 12.1 Å². The van der Waals surface area contributed by atoms with Crippen LogP contribution in [0.25, 0.3) is 5.69 Å². The number of halogens is 3. The minimum atomic E-state index is -0.543. The molecule has 0 aliphatic carbocycles. The second-order valence-electron chi connectivity index (χ2n) is 5.54. The fraction of sp³-hybridized carbons (Fsp3) is 0.357. The molecule has 0 saturated heterocycles. The standard InChI is InChI=1S/C14H15Cl2FN2O/c1-14(2,3)12-9(7-20)13(16)19(18-12)8-4-5-10(15)11(17)6-8/h4-6,20H,7H2,1-3H3. The zero-order chi connectivity index (χ0) is 15.1. The van der Waals surface area contributed by atoms with Crippen LogP contribution in [0.2, 0.25) is 10.2 Å². The third-order valence-corrected chi connectivity index (χ3v) is 3.63. The van der Waals surface area contributed by atoms with E-state index in [0.29, 0.717) is 16.9 Å². The molecular formula is C14H15Cl2FN2O. The highest BCUT2D eigenvalue weighted by Crippen LogP contribution is 2.32. The van der Waals surface area contributed by atoms with E-state index in [0.717, 1.165) is 0 Å². The van der Waals surface area contributed by atoms with E-state index in [4.69, 9.17) is 23.2 Å². The molecule has 2 rings (SSSR count). The molecule has 0 aliphatic heterocycles. The first-order valence-electron chi connectivity index (χ1n) is 6.10. The average molecular weight is 317 g/mol. The maximum absolute atomic E-state index is 13.6. The minimum absolute atomic E-state index is 0.0375. The summed E-state index contributed by atoms with van der Waals surface area (Å²) >= 11 is 11.9. The summed E-state index contributed by atoms with van der Waals surface area (Å²) in [6.45, 7) is 5.69. The van der Waals surface area contributed by atoms with Crippen LogP contribution in [0.1, 0.15) is 32.0 Å². The van der Waals surface area contributed by atoms with Crippen molar-refractivity contribution in [2.75, 3.05) is 0 Å². The highest BCUT2D eigenvalue weighted by atomic mass is 35.5. The Hall–Kier alpha value is -1.10. The number of rotatable bonds is 2. The number of benzene rings is 1. The molecule has 0 atom stereocenters. The number of aliphatic hydroxyl groups is 1. The van der Waals surface area contributed by atoms with Gasteiger partial charge in [0.25, 0.3) is 0 Å². The maximum atomic E-state index is 13.6. The second-order valence-corrected chi connectivity index (χ2v) is 6.30. The van der Waals surface area contributed by atoms with Crippen molar-refractivity contribution in [1.82, 2.24) is 9.78 Å². The van der Waals surface area contributed by atoms with E-state index in [9.17, 15) is 9.50 Å². The summed E-state index contributed by atoms with van der Waals surface area (Å²) in [6, 6.07) is 4.33. The fourth-order valence-corrected chi connectivity index (χ4v) is 2.36. The first kappa shape index (κ1) is 15.3. The Morgan fingerprint density at radius 2 is 1.95 bits per heavy atom. The SMILES string of the molecule is CC(C)(C)c1nn(-c2ccc(Cl)c(F)c2)c(Cl)c1CO. The van der Waals surface area contributed by atoms with Crippen LogP contribution in [-0.2, 0) is 12.0 Å². The van der Waals surface area contributed by atoms with Gasteiger partial charge in [0.2, 0.25) is 0 Å². The van der Waals surface area contributed by atoms with Gasteiger partial charge < -0.3 is 5.11 Å². The molecule has 0 unspecified atom stereocenters. The second kappa shape index (κ2) is 5.35. The smallest absolute Gasteiger partial charge is 0.143 e. The third kappa shape index (κ3) is 2.68. The molecule has 1 aromatic heterocycles. The van der Waals surface area contributed by atoms with Gasteiger partial charge in [0.1, 0.15) is 11.0 Å². The van der Waals surface area contributed by atoms with Crippen molar-refractivity contribution in [1.29, 1.82) is 0 Å². The highest BCUT2D eigenvalue weighted by Gasteiger charge is 2.26. The quantitative estimate of drug-likeness (QED) is 0.905. The third-order valence-electron chi connectivity index (χ3n) is 2.94. The molecule has 6 heteroatoms. The van der Waals surface area contributed by atoms with Gasteiger partial charge in [0.15, 0.2) is 0 Å². The summed E-state index contributed by atoms with van der Waals surface area (Å²) in [5.74, 6) is -0.543. The monoisotopic (exact) mass is 316 g/mol. The molecule has 0 saturated carbocycles. The van der Waals surface area contributed by atoms with Crippen LogP contribution < -0.4 is 0 Å². The molecular weight excluding hydrogens is 302 g/mol. The van der Waals surface area contributed by atoms with Crippen molar-refractivity contribution < 1.29 is 9.50 Å². The van der Waals surface area contributed by atoms with Gasteiger partial charge in [-0.2, -0.15) is 5.10 Å². The topological polar surface area (TPSA) is 38.0 Å². The van der Waals surface area contributed by atoms with Crippen molar-refractivity contribution in [2.45, 2.75) is 32.8 Å². The number of hydrogen-bond acceptors (Lipinski definition) is 2. The van der Waals surface area contributed by atoms with E-state index >= 15 is 0 Å². The van der Waals surface area contributed by atoms with Crippen LogP contribution in [-0.4, -0.2) is 14.9 Å². The molecule has 1 heterocycles. The van der Waals surface area contributed by atoms with Gasteiger partial charge in [0, 0.05) is 17.0 Å². The van der Waals surface area contributed by atoms with Gasteiger partial charge in [-0.1, -0.05) is 44.0 Å². The average Bonchev–Trinajstić information content (AvgIpc) is 2.69. The van der Waals surface area contributed by atoms with Crippen molar-refractivity contribution in [3.8, 4) is 5.69 Å². The first-order valence-corrected chi connectivity index (χ1v) is 6.85. The summed E-state index contributed by atoms with van der Waals surface area (Å²) in [6.07, 6.45) is 0. The molecule has 108 valence electrons. The van der Waals surface area contributed by atoms with Crippen LogP contribution in [0.5, 0.6) is 0 Å².